The average Bonchev–Trinajstić information content (AvgIpc) is 2.61. The zero-order chi connectivity index (χ0) is 16.9. The van der Waals surface area contributed by atoms with Gasteiger partial charge in [0.1, 0.15) is 5.82 Å². The number of para-hydroxylation sites is 1. The van der Waals surface area contributed by atoms with Gasteiger partial charge in [-0.3, -0.25) is 4.79 Å². The summed E-state index contributed by atoms with van der Waals surface area (Å²) in [5, 5.41) is 4.20. The summed E-state index contributed by atoms with van der Waals surface area (Å²) in [4.78, 5) is 20.5. The molecule has 1 N–H and O–H groups in total. The van der Waals surface area contributed by atoms with Crippen LogP contribution >= 0.6 is 48.0 Å². The molecule has 0 bridgehead atoms. The number of anilines is 2. The molecule has 2 heterocycles. The molecule has 1 saturated heterocycles. The second-order valence-corrected chi connectivity index (χ2v) is 6.39. The predicted octanol–water partition coefficient (Wildman–Crippen LogP) is 3.99. The number of carbonyl (C=O) groups excluding carboxylic acids is 1. The van der Waals surface area contributed by atoms with E-state index in [4.69, 9.17) is 23.2 Å². The minimum Gasteiger partial charge on any atom is -0.376 e. The number of halogens is 4. The van der Waals surface area contributed by atoms with Crippen molar-refractivity contribution in [3.05, 3.63) is 52.6 Å². The quantitative estimate of drug-likeness (QED) is 0.785. The van der Waals surface area contributed by atoms with Crippen molar-refractivity contribution < 1.29 is 4.79 Å². The van der Waals surface area contributed by atoms with Crippen molar-refractivity contribution in [2.24, 2.45) is 0 Å². The highest BCUT2D eigenvalue weighted by molar-refractivity contribution is 6.36. The molecule has 26 heavy (non-hydrogen) atoms. The van der Waals surface area contributed by atoms with Gasteiger partial charge in [-0.15, -0.1) is 24.8 Å². The Morgan fingerprint density at radius 2 is 1.73 bits per heavy atom. The molecule has 1 aromatic carbocycles. The number of pyridine rings is 1. The normalized spacial score (nSPS) is 13.5. The first-order valence-corrected chi connectivity index (χ1v) is 8.52. The van der Waals surface area contributed by atoms with Crippen LogP contribution in [0.25, 0.3) is 0 Å². The third kappa shape index (κ3) is 5.81. The van der Waals surface area contributed by atoms with Crippen molar-refractivity contribution in [2.75, 3.05) is 42.9 Å². The van der Waals surface area contributed by atoms with Gasteiger partial charge >= 0.3 is 0 Å². The van der Waals surface area contributed by atoms with Crippen molar-refractivity contribution >= 4 is 65.4 Å². The summed E-state index contributed by atoms with van der Waals surface area (Å²) in [7, 11) is 0. The summed E-state index contributed by atoms with van der Waals surface area (Å²) in [6.45, 7) is 2.99. The molecule has 0 saturated carbocycles. The van der Waals surface area contributed by atoms with E-state index in [0.717, 1.165) is 11.5 Å². The fourth-order valence-corrected chi connectivity index (χ4v) is 3.15. The number of rotatable bonds is 4. The summed E-state index contributed by atoms with van der Waals surface area (Å²) in [6, 6.07) is 11.4. The average molecular weight is 438 g/mol. The molecule has 1 amide bonds. The molecular weight excluding hydrogens is 418 g/mol. The number of carbonyl (C=O) groups is 1. The van der Waals surface area contributed by atoms with Crippen LogP contribution in [-0.4, -0.2) is 48.5 Å². The maximum absolute atomic E-state index is 12.3. The highest BCUT2D eigenvalue weighted by Gasteiger charge is 2.23. The van der Waals surface area contributed by atoms with Crippen LogP contribution in [0, 0.1) is 0 Å². The van der Waals surface area contributed by atoms with Crippen LogP contribution in [0.2, 0.25) is 10.0 Å². The summed E-state index contributed by atoms with van der Waals surface area (Å²) >= 11 is 12.1. The van der Waals surface area contributed by atoms with E-state index in [9.17, 15) is 4.79 Å². The monoisotopic (exact) mass is 436 g/mol. The highest BCUT2D eigenvalue weighted by Crippen LogP contribution is 2.26. The Morgan fingerprint density at radius 3 is 2.35 bits per heavy atom. The zero-order valence-electron chi connectivity index (χ0n) is 13.9. The topological polar surface area (TPSA) is 48.5 Å². The van der Waals surface area contributed by atoms with Crippen molar-refractivity contribution in [3.63, 3.8) is 0 Å². The van der Waals surface area contributed by atoms with E-state index in [1.807, 2.05) is 35.2 Å². The van der Waals surface area contributed by atoms with Gasteiger partial charge in [0.05, 0.1) is 16.6 Å². The number of piperazine rings is 1. The molecule has 2 aromatic rings. The van der Waals surface area contributed by atoms with Gasteiger partial charge in [-0.2, -0.15) is 0 Å². The fraction of sp³-hybridized carbons (Fsp3) is 0.294. The fourth-order valence-electron chi connectivity index (χ4n) is 2.65. The number of hydrogen-bond donors (Lipinski definition) is 1. The number of nitrogens with one attached hydrogen (secondary N) is 1. The van der Waals surface area contributed by atoms with Gasteiger partial charge in [-0.05, 0) is 18.2 Å². The van der Waals surface area contributed by atoms with Crippen LogP contribution in [-0.2, 0) is 4.79 Å². The van der Waals surface area contributed by atoms with E-state index >= 15 is 0 Å². The van der Waals surface area contributed by atoms with Gasteiger partial charge in [0.25, 0.3) is 0 Å². The highest BCUT2D eigenvalue weighted by atomic mass is 35.5. The first-order valence-electron chi connectivity index (χ1n) is 7.76. The number of benzene rings is 1. The van der Waals surface area contributed by atoms with Gasteiger partial charge in [-0.1, -0.05) is 41.4 Å². The van der Waals surface area contributed by atoms with Gasteiger partial charge in [0.2, 0.25) is 5.91 Å². The Kier molecular flexibility index (Phi) is 9.30. The summed E-state index contributed by atoms with van der Waals surface area (Å²) in [6.07, 6.45) is 1.59. The Balaban J connectivity index is 0.00000169. The number of nitrogens with zero attached hydrogens (tertiary/aromatic N) is 3. The molecule has 1 aromatic heterocycles. The molecule has 1 fully saturated rings. The van der Waals surface area contributed by atoms with E-state index in [1.54, 1.807) is 12.3 Å². The summed E-state index contributed by atoms with van der Waals surface area (Å²) < 4.78 is 0. The molecule has 0 aliphatic carbocycles. The summed E-state index contributed by atoms with van der Waals surface area (Å²) in [5.74, 6) is 0.809. The molecule has 142 valence electrons. The number of amides is 1. The maximum atomic E-state index is 12.3. The van der Waals surface area contributed by atoms with Crippen molar-refractivity contribution in [3.8, 4) is 0 Å². The Morgan fingerprint density at radius 1 is 1.08 bits per heavy atom. The molecule has 5 nitrogen and oxygen atoms in total. The summed E-state index contributed by atoms with van der Waals surface area (Å²) in [5.41, 5.74) is 0.946. The first kappa shape index (κ1) is 22.6. The molecule has 0 spiro atoms. The molecular formula is C17H20Cl4N4O. The third-order valence-electron chi connectivity index (χ3n) is 3.94. The molecule has 1 aliphatic rings. The minimum absolute atomic E-state index is 0. The lowest BCUT2D eigenvalue weighted by atomic mass is 10.3. The molecule has 0 atom stereocenters. The van der Waals surface area contributed by atoms with Crippen molar-refractivity contribution in [1.82, 2.24) is 9.88 Å². The van der Waals surface area contributed by atoms with Crippen LogP contribution in [0.4, 0.5) is 11.5 Å². The zero-order valence-corrected chi connectivity index (χ0v) is 17.0. The molecule has 9 heteroatoms. The SMILES string of the molecule is Cl.Cl.O=C(CNc1ccccc1)N1CCN(c2ncc(Cl)cc2Cl)CC1. The third-order valence-corrected chi connectivity index (χ3v) is 4.42. The van der Waals surface area contributed by atoms with Crippen LogP contribution in [0.1, 0.15) is 0 Å². The van der Waals surface area contributed by atoms with Crippen LogP contribution in [0.3, 0.4) is 0 Å². The van der Waals surface area contributed by atoms with Crippen LogP contribution in [0.15, 0.2) is 42.6 Å². The lowest BCUT2D eigenvalue weighted by molar-refractivity contribution is -0.129. The Hall–Kier alpha value is -1.40. The molecule has 3 rings (SSSR count). The van der Waals surface area contributed by atoms with Crippen molar-refractivity contribution in [1.29, 1.82) is 0 Å². The van der Waals surface area contributed by atoms with Crippen molar-refractivity contribution in [2.45, 2.75) is 0 Å². The Bertz CT molecular complexity index is 709. The standard InChI is InChI=1S/C17H18Cl2N4O.2ClH/c18-13-10-15(19)17(21-11-13)23-8-6-22(7-9-23)16(24)12-20-14-4-2-1-3-5-14;;/h1-5,10-11,20H,6-9,12H2;2*1H. The number of hydrogen-bond acceptors (Lipinski definition) is 4. The number of aromatic nitrogens is 1. The smallest absolute Gasteiger partial charge is 0.241 e. The lowest BCUT2D eigenvalue weighted by Gasteiger charge is -2.35. The maximum Gasteiger partial charge on any atom is 0.241 e. The van der Waals surface area contributed by atoms with Crippen LogP contribution in [0.5, 0.6) is 0 Å². The van der Waals surface area contributed by atoms with E-state index in [1.165, 1.54) is 0 Å². The van der Waals surface area contributed by atoms with Crippen LogP contribution < -0.4 is 10.2 Å². The van der Waals surface area contributed by atoms with E-state index in [2.05, 4.69) is 15.2 Å². The molecule has 0 radical (unpaired) electrons. The molecule has 0 unspecified atom stereocenters. The van der Waals surface area contributed by atoms with Gasteiger partial charge in [0.15, 0.2) is 0 Å². The van der Waals surface area contributed by atoms with E-state index in [0.29, 0.717) is 42.8 Å². The Labute approximate surface area is 175 Å². The predicted molar refractivity (Wildman–Crippen MR) is 112 cm³/mol. The van der Waals surface area contributed by atoms with E-state index < -0.39 is 0 Å². The van der Waals surface area contributed by atoms with Gasteiger partial charge < -0.3 is 15.1 Å². The first-order chi connectivity index (χ1) is 11.6. The largest absolute Gasteiger partial charge is 0.376 e. The second kappa shape index (κ2) is 10.7. The van der Waals surface area contributed by atoms with Gasteiger partial charge in [-0.25, -0.2) is 4.98 Å². The lowest BCUT2D eigenvalue weighted by Crippen LogP contribution is -2.50. The second-order valence-electron chi connectivity index (χ2n) is 5.55. The minimum atomic E-state index is 0. The van der Waals surface area contributed by atoms with E-state index in [-0.39, 0.29) is 30.7 Å². The van der Waals surface area contributed by atoms with Gasteiger partial charge in [0, 0.05) is 38.1 Å². The molecule has 1 aliphatic heterocycles.